The average Bonchev–Trinajstić information content (AvgIpc) is 3.63. The second-order valence-electron chi connectivity index (χ2n) is 9.86. The van der Waals surface area contributed by atoms with Gasteiger partial charge < -0.3 is 24.8 Å². The normalized spacial score (nSPS) is 14.6. The lowest BCUT2D eigenvalue weighted by molar-refractivity contribution is -0.124. The summed E-state index contributed by atoms with van der Waals surface area (Å²) in [5, 5.41) is 25.6. The van der Waals surface area contributed by atoms with Gasteiger partial charge in [0, 0.05) is 24.2 Å². The Bertz CT molecular complexity index is 1240. The van der Waals surface area contributed by atoms with Crippen molar-refractivity contribution in [1.82, 2.24) is 20.4 Å². The summed E-state index contributed by atoms with van der Waals surface area (Å²) in [4.78, 5) is 18.4. The third-order valence-corrected chi connectivity index (χ3v) is 6.83. The minimum atomic E-state index is -0.900. The molecule has 2 aromatic carbocycles. The van der Waals surface area contributed by atoms with E-state index < -0.39 is 18.6 Å². The smallest absolute Gasteiger partial charge is 0.258 e. The summed E-state index contributed by atoms with van der Waals surface area (Å²) in [5.74, 6) is 1.17. The Morgan fingerprint density at radius 3 is 2.58 bits per heavy atom. The van der Waals surface area contributed by atoms with Gasteiger partial charge in [0.25, 0.3) is 5.89 Å². The van der Waals surface area contributed by atoms with Crippen molar-refractivity contribution < 1.29 is 24.3 Å². The van der Waals surface area contributed by atoms with Gasteiger partial charge in [0.15, 0.2) is 0 Å². The third-order valence-electron chi connectivity index (χ3n) is 6.83. The Labute approximate surface area is 223 Å². The number of hydrogen-bond acceptors (Lipinski definition) is 8. The lowest BCUT2D eigenvalue weighted by Crippen LogP contribution is -2.36. The van der Waals surface area contributed by atoms with Gasteiger partial charge in [-0.15, -0.1) is 0 Å². The molecule has 204 valence electrons. The van der Waals surface area contributed by atoms with Crippen LogP contribution < -0.4 is 10.1 Å². The van der Waals surface area contributed by atoms with Crippen LogP contribution in [0.2, 0.25) is 0 Å². The largest absolute Gasteiger partial charge is 0.490 e. The summed E-state index contributed by atoms with van der Waals surface area (Å²) in [6.45, 7) is 8.75. The van der Waals surface area contributed by atoms with Crippen LogP contribution in [0.5, 0.6) is 5.75 Å². The number of likely N-dealkylation sites (tertiary alicyclic amines) is 1. The number of aliphatic hydroxyl groups excluding tert-OH is 2. The lowest BCUT2D eigenvalue weighted by atomic mass is 10.0. The van der Waals surface area contributed by atoms with Crippen LogP contribution in [0.1, 0.15) is 48.9 Å². The van der Waals surface area contributed by atoms with Crippen LogP contribution in [-0.4, -0.2) is 70.1 Å². The molecular weight excluding hydrogens is 484 g/mol. The van der Waals surface area contributed by atoms with E-state index in [1.165, 1.54) is 24.0 Å². The van der Waals surface area contributed by atoms with E-state index in [0.29, 0.717) is 23.9 Å². The first kappa shape index (κ1) is 27.8. The van der Waals surface area contributed by atoms with Crippen molar-refractivity contribution in [3.8, 4) is 28.6 Å². The van der Waals surface area contributed by atoms with E-state index in [2.05, 4.69) is 40.5 Å². The molecule has 1 fully saturated rings. The molecule has 38 heavy (non-hydrogen) atoms. The molecule has 0 spiro atoms. The second kappa shape index (κ2) is 13.0. The molecule has 4 rings (SSSR count). The SMILES string of the molecule is CCc1cc(CN2CCCC2)cc(-c2nc(-c3cc(C)c(OCC(O)CNC(=O)CO)c(CC)c3)no2)c1. The van der Waals surface area contributed by atoms with Crippen LogP contribution >= 0.6 is 0 Å². The molecule has 1 saturated heterocycles. The van der Waals surface area contributed by atoms with Crippen molar-refractivity contribution in [1.29, 1.82) is 0 Å². The molecule has 1 amide bonds. The first-order valence-electron chi connectivity index (χ1n) is 13.4. The van der Waals surface area contributed by atoms with Crippen LogP contribution in [0.25, 0.3) is 22.8 Å². The molecule has 1 aliphatic heterocycles. The molecule has 3 N–H and O–H groups in total. The number of carbonyl (C=O) groups excluding carboxylic acids is 1. The molecule has 3 aromatic rings. The Kier molecular flexibility index (Phi) is 9.49. The zero-order valence-electron chi connectivity index (χ0n) is 22.5. The molecule has 1 unspecified atom stereocenters. The summed E-state index contributed by atoms with van der Waals surface area (Å²) in [7, 11) is 0. The summed E-state index contributed by atoms with van der Waals surface area (Å²) < 4.78 is 11.6. The van der Waals surface area contributed by atoms with Crippen LogP contribution in [0, 0.1) is 6.92 Å². The molecule has 1 atom stereocenters. The van der Waals surface area contributed by atoms with Gasteiger partial charge >= 0.3 is 0 Å². The van der Waals surface area contributed by atoms with Gasteiger partial charge in [-0.1, -0.05) is 25.1 Å². The van der Waals surface area contributed by atoms with Gasteiger partial charge in [0.1, 0.15) is 25.1 Å². The van der Waals surface area contributed by atoms with Crippen LogP contribution in [0.15, 0.2) is 34.9 Å². The minimum Gasteiger partial charge on any atom is -0.490 e. The average molecular weight is 523 g/mol. The van der Waals surface area contributed by atoms with Gasteiger partial charge in [0.2, 0.25) is 11.7 Å². The van der Waals surface area contributed by atoms with Gasteiger partial charge in [-0.2, -0.15) is 4.98 Å². The fraction of sp³-hybridized carbons (Fsp3) is 0.483. The first-order chi connectivity index (χ1) is 18.4. The Hall–Kier alpha value is -3.27. The molecule has 9 nitrogen and oxygen atoms in total. The molecule has 0 aliphatic carbocycles. The van der Waals surface area contributed by atoms with Crippen molar-refractivity contribution >= 4 is 5.91 Å². The molecule has 0 bridgehead atoms. The number of aliphatic hydroxyl groups is 2. The summed E-state index contributed by atoms with van der Waals surface area (Å²) in [5.41, 5.74) is 6.13. The van der Waals surface area contributed by atoms with Gasteiger partial charge in [0.05, 0.1) is 0 Å². The highest BCUT2D eigenvalue weighted by molar-refractivity contribution is 5.76. The highest BCUT2D eigenvalue weighted by atomic mass is 16.5. The van der Waals surface area contributed by atoms with E-state index in [9.17, 15) is 9.90 Å². The van der Waals surface area contributed by atoms with Crippen LogP contribution in [0.3, 0.4) is 0 Å². The molecule has 1 aromatic heterocycles. The van der Waals surface area contributed by atoms with Gasteiger partial charge in [-0.05, 0) is 92.2 Å². The minimum absolute atomic E-state index is 0.00258. The second-order valence-corrected chi connectivity index (χ2v) is 9.86. The van der Waals surface area contributed by atoms with Crippen molar-refractivity contribution in [3.63, 3.8) is 0 Å². The van der Waals surface area contributed by atoms with E-state index >= 15 is 0 Å². The number of ether oxygens (including phenoxy) is 1. The Balaban J connectivity index is 1.51. The predicted molar refractivity (Wildman–Crippen MR) is 145 cm³/mol. The van der Waals surface area contributed by atoms with Crippen molar-refractivity contribution in [3.05, 3.63) is 52.6 Å². The highest BCUT2D eigenvalue weighted by Crippen LogP contribution is 2.32. The first-order valence-corrected chi connectivity index (χ1v) is 13.4. The zero-order valence-corrected chi connectivity index (χ0v) is 22.5. The fourth-order valence-electron chi connectivity index (χ4n) is 4.81. The topological polar surface area (TPSA) is 121 Å². The number of nitrogens with zero attached hydrogens (tertiary/aromatic N) is 3. The lowest BCUT2D eigenvalue weighted by Gasteiger charge is -2.17. The van der Waals surface area contributed by atoms with Gasteiger partial charge in [-0.25, -0.2) is 0 Å². The number of carbonyl (C=O) groups is 1. The van der Waals surface area contributed by atoms with Crippen LogP contribution in [0.4, 0.5) is 0 Å². The molecule has 2 heterocycles. The maximum atomic E-state index is 11.2. The molecule has 0 saturated carbocycles. The molecule has 9 heteroatoms. The van der Waals surface area contributed by atoms with Crippen LogP contribution in [-0.2, 0) is 24.2 Å². The number of aryl methyl sites for hydroxylation is 3. The number of hydrogen-bond donors (Lipinski definition) is 3. The number of amides is 1. The van der Waals surface area contributed by atoms with E-state index in [-0.39, 0.29) is 13.2 Å². The number of rotatable bonds is 12. The van der Waals surface area contributed by atoms with E-state index in [1.807, 2.05) is 26.0 Å². The summed E-state index contributed by atoms with van der Waals surface area (Å²) in [6.07, 6.45) is 3.28. The Morgan fingerprint density at radius 2 is 1.87 bits per heavy atom. The number of benzene rings is 2. The van der Waals surface area contributed by atoms with Crippen molar-refractivity contribution in [2.24, 2.45) is 0 Å². The summed E-state index contributed by atoms with van der Waals surface area (Å²) in [6, 6.07) is 10.5. The number of nitrogens with one attached hydrogen (secondary N) is 1. The monoisotopic (exact) mass is 522 g/mol. The maximum absolute atomic E-state index is 11.2. The van der Waals surface area contributed by atoms with Gasteiger partial charge in [-0.3, -0.25) is 9.69 Å². The van der Waals surface area contributed by atoms with E-state index in [1.54, 1.807) is 0 Å². The van der Waals surface area contributed by atoms with E-state index in [0.717, 1.165) is 48.3 Å². The quantitative estimate of drug-likeness (QED) is 0.331. The summed E-state index contributed by atoms with van der Waals surface area (Å²) >= 11 is 0. The maximum Gasteiger partial charge on any atom is 0.258 e. The zero-order chi connectivity index (χ0) is 27.1. The Morgan fingerprint density at radius 1 is 1.11 bits per heavy atom. The van der Waals surface area contributed by atoms with Crippen molar-refractivity contribution in [2.45, 2.75) is 59.1 Å². The van der Waals surface area contributed by atoms with Crippen molar-refractivity contribution in [2.75, 3.05) is 32.8 Å². The molecule has 0 radical (unpaired) electrons. The van der Waals surface area contributed by atoms with E-state index in [4.69, 9.17) is 19.4 Å². The highest BCUT2D eigenvalue weighted by Gasteiger charge is 2.18. The molecule has 1 aliphatic rings. The fourth-order valence-corrected chi connectivity index (χ4v) is 4.81. The molecular formula is C29H38N4O5. The predicted octanol–water partition coefficient (Wildman–Crippen LogP) is 3.28. The third kappa shape index (κ3) is 6.98. The standard InChI is InChI=1S/C29H38N4O5/c1-4-20-11-21(16-33-8-6-7-9-33)13-24(12-20)29-31-28(32-38-29)23-10-19(3)27(22(5-2)14-23)37-18-25(35)15-30-26(36)17-34/h10-14,25,34-35H,4-9,15-18H2,1-3H3,(H,30,36). The number of aromatic nitrogens is 2.